The van der Waals surface area contributed by atoms with Gasteiger partial charge in [-0.25, -0.2) is 4.79 Å². The third kappa shape index (κ3) is 3.95. The molecule has 114 valence electrons. The molecule has 1 amide bonds. The number of carboxylic acid groups (broad SMARTS) is 1. The van der Waals surface area contributed by atoms with Crippen molar-refractivity contribution in [3.63, 3.8) is 0 Å². The number of amides is 1. The first-order valence-electron chi connectivity index (χ1n) is 6.56. The van der Waals surface area contributed by atoms with E-state index in [2.05, 4.69) is 5.32 Å². The van der Waals surface area contributed by atoms with Gasteiger partial charge in [0.15, 0.2) is 0 Å². The van der Waals surface area contributed by atoms with Gasteiger partial charge < -0.3 is 15.5 Å². The van der Waals surface area contributed by atoms with Crippen LogP contribution < -0.4 is 5.32 Å². The fourth-order valence-corrected chi connectivity index (χ4v) is 1.82. The minimum atomic E-state index is -1.19. The second-order valence-corrected chi connectivity index (χ2v) is 4.57. The first-order chi connectivity index (χ1) is 11.0. The highest BCUT2D eigenvalue weighted by molar-refractivity contribution is 6.10. The number of aromatic hydroxyl groups is 1. The summed E-state index contributed by atoms with van der Waals surface area (Å²) in [7, 11) is 0. The molecular weight excluding hydrogens is 296 g/mol. The van der Waals surface area contributed by atoms with Crippen molar-refractivity contribution in [2.75, 3.05) is 5.32 Å². The van der Waals surface area contributed by atoms with Crippen molar-refractivity contribution in [1.29, 1.82) is 5.26 Å². The maximum absolute atomic E-state index is 12.1. The molecule has 0 heterocycles. The minimum absolute atomic E-state index is 0.0795. The Kier molecular flexibility index (Phi) is 4.75. The van der Waals surface area contributed by atoms with E-state index < -0.39 is 11.9 Å². The van der Waals surface area contributed by atoms with Crippen LogP contribution in [-0.2, 0) is 4.79 Å². The highest BCUT2D eigenvalue weighted by Crippen LogP contribution is 2.25. The molecule has 3 N–H and O–H groups in total. The zero-order valence-corrected chi connectivity index (χ0v) is 11.9. The van der Waals surface area contributed by atoms with E-state index in [0.717, 1.165) is 12.1 Å². The van der Waals surface area contributed by atoms with E-state index in [9.17, 15) is 14.7 Å². The maximum Gasteiger partial charge on any atom is 0.335 e. The molecule has 0 saturated heterocycles. The second-order valence-electron chi connectivity index (χ2n) is 4.57. The monoisotopic (exact) mass is 308 g/mol. The van der Waals surface area contributed by atoms with Crippen molar-refractivity contribution >= 4 is 23.6 Å². The topological polar surface area (TPSA) is 110 Å². The quantitative estimate of drug-likeness (QED) is 0.457. The molecule has 6 heteroatoms. The molecule has 23 heavy (non-hydrogen) atoms. The Hall–Kier alpha value is -3.59. The molecular formula is C17H12N2O4. The highest BCUT2D eigenvalue weighted by Gasteiger charge is 2.14. The molecule has 0 radical (unpaired) electrons. The molecule has 0 saturated carbocycles. The number of nitriles is 1. The molecule has 0 aliphatic carbocycles. The summed E-state index contributed by atoms with van der Waals surface area (Å²) in [4.78, 5) is 23.0. The van der Waals surface area contributed by atoms with Crippen molar-refractivity contribution in [3.05, 3.63) is 65.2 Å². The van der Waals surface area contributed by atoms with E-state index in [1.54, 1.807) is 36.4 Å². The fraction of sp³-hybridized carbons (Fsp3) is 0. The number of phenols is 1. The van der Waals surface area contributed by atoms with Crippen molar-refractivity contribution in [3.8, 4) is 11.8 Å². The predicted molar refractivity (Wildman–Crippen MR) is 83.7 cm³/mol. The summed E-state index contributed by atoms with van der Waals surface area (Å²) in [5.74, 6) is -2.23. The lowest BCUT2D eigenvalue weighted by molar-refractivity contribution is -0.112. The molecule has 2 rings (SSSR count). The molecule has 6 nitrogen and oxygen atoms in total. The van der Waals surface area contributed by atoms with Crippen molar-refractivity contribution in [2.45, 2.75) is 0 Å². The molecule has 2 aromatic rings. The molecule has 0 bridgehead atoms. The Morgan fingerprint density at radius 3 is 2.43 bits per heavy atom. The number of carboxylic acids is 1. The van der Waals surface area contributed by atoms with Gasteiger partial charge in [0, 0.05) is 0 Å². The average molecular weight is 308 g/mol. The summed E-state index contributed by atoms with van der Waals surface area (Å²) in [6.07, 6.45) is 1.40. The molecule has 0 unspecified atom stereocenters. The van der Waals surface area contributed by atoms with Crippen LogP contribution in [0.3, 0.4) is 0 Å². The van der Waals surface area contributed by atoms with Gasteiger partial charge in [-0.05, 0) is 29.8 Å². The van der Waals surface area contributed by atoms with Gasteiger partial charge in [0.25, 0.3) is 5.91 Å². The number of rotatable bonds is 4. The Bertz CT molecular complexity index is 820. The van der Waals surface area contributed by atoms with Gasteiger partial charge >= 0.3 is 5.97 Å². The van der Waals surface area contributed by atoms with E-state index in [0.29, 0.717) is 5.56 Å². The fourth-order valence-electron chi connectivity index (χ4n) is 1.82. The molecule has 2 aromatic carbocycles. The number of hydrogen-bond donors (Lipinski definition) is 3. The number of benzene rings is 2. The molecule has 0 spiro atoms. The number of nitrogens with zero attached hydrogens (tertiary/aromatic N) is 1. The Labute approximate surface area is 131 Å². The van der Waals surface area contributed by atoms with Crippen molar-refractivity contribution in [2.24, 2.45) is 0 Å². The maximum atomic E-state index is 12.1. The lowest BCUT2D eigenvalue weighted by atomic mass is 10.1. The zero-order valence-electron chi connectivity index (χ0n) is 11.9. The number of hydrogen-bond acceptors (Lipinski definition) is 4. The summed E-state index contributed by atoms with van der Waals surface area (Å²) >= 11 is 0. The number of aromatic carboxylic acids is 1. The SMILES string of the molecule is N#C/C(=C\c1ccccc1)C(=O)Nc1cc(C(=O)O)ccc1O. The highest BCUT2D eigenvalue weighted by atomic mass is 16.4. The first kappa shape index (κ1) is 15.8. The number of phenolic OH excluding ortho intramolecular Hbond substituents is 1. The van der Waals surface area contributed by atoms with E-state index in [4.69, 9.17) is 10.4 Å². The Morgan fingerprint density at radius 2 is 1.83 bits per heavy atom. The molecule has 0 aliphatic rings. The number of nitrogens with one attached hydrogen (secondary N) is 1. The third-order valence-electron chi connectivity index (χ3n) is 2.97. The van der Waals surface area contributed by atoms with Gasteiger partial charge in [-0.15, -0.1) is 0 Å². The lowest BCUT2D eigenvalue weighted by Crippen LogP contribution is -2.14. The van der Waals surface area contributed by atoms with Crippen LogP contribution in [0.15, 0.2) is 54.1 Å². The van der Waals surface area contributed by atoms with Crippen LogP contribution in [-0.4, -0.2) is 22.1 Å². The Balaban J connectivity index is 2.27. The standard InChI is InChI=1S/C17H12N2O4/c18-10-13(8-11-4-2-1-3-5-11)16(21)19-14-9-12(17(22)23)6-7-15(14)20/h1-9,20H,(H,19,21)(H,22,23)/b13-8+. The summed E-state index contributed by atoms with van der Waals surface area (Å²) in [6, 6.07) is 14.1. The van der Waals surface area contributed by atoms with E-state index in [1.807, 2.05) is 0 Å². The number of carbonyl (C=O) groups excluding carboxylic acids is 1. The van der Waals surface area contributed by atoms with Gasteiger partial charge in [-0.3, -0.25) is 4.79 Å². The number of anilines is 1. The van der Waals surface area contributed by atoms with Crippen LogP contribution in [0.5, 0.6) is 5.75 Å². The Morgan fingerprint density at radius 1 is 1.13 bits per heavy atom. The van der Waals surface area contributed by atoms with Crippen LogP contribution in [0.1, 0.15) is 15.9 Å². The summed E-state index contributed by atoms with van der Waals surface area (Å²) in [6.45, 7) is 0. The van der Waals surface area contributed by atoms with E-state index in [-0.39, 0.29) is 22.6 Å². The van der Waals surface area contributed by atoms with Gasteiger partial charge in [0.2, 0.25) is 0 Å². The molecule has 0 aliphatic heterocycles. The van der Waals surface area contributed by atoms with Crippen LogP contribution >= 0.6 is 0 Å². The normalized spacial score (nSPS) is 10.7. The van der Waals surface area contributed by atoms with Crippen LogP contribution in [0, 0.1) is 11.3 Å². The van der Waals surface area contributed by atoms with E-state index in [1.165, 1.54) is 12.1 Å². The summed E-state index contributed by atoms with van der Waals surface area (Å²) < 4.78 is 0. The third-order valence-corrected chi connectivity index (χ3v) is 2.97. The van der Waals surface area contributed by atoms with Crippen LogP contribution in [0.4, 0.5) is 5.69 Å². The lowest BCUT2D eigenvalue weighted by Gasteiger charge is -2.07. The van der Waals surface area contributed by atoms with Gasteiger partial charge in [-0.1, -0.05) is 30.3 Å². The summed E-state index contributed by atoms with van der Waals surface area (Å²) in [5.41, 5.74) is 0.326. The van der Waals surface area contributed by atoms with Gasteiger partial charge in [-0.2, -0.15) is 5.26 Å². The largest absolute Gasteiger partial charge is 0.506 e. The second kappa shape index (κ2) is 6.91. The first-order valence-corrected chi connectivity index (χ1v) is 6.56. The predicted octanol–water partition coefficient (Wildman–Crippen LogP) is 2.64. The molecule has 0 aromatic heterocycles. The number of carbonyl (C=O) groups is 2. The minimum Gasteiger partial charge on any atom is -0.506 e. The molecule has 0 fully saturated rings. The van der Waals surface area contributed by atoms with Crippen LogP contribution in [0.2, 0.25) is 0 Å². The summed E-state index contributed by atoms with van der Waals surface area (Å²) in [5, 5.41) is 30.1. The van der Waals surface area contributed by atoms with Crippen LogP contribution in [0.25, 0.3) is 6.08 Å². The van der Waals surface area contributed by atoms with Crippen molar-refractivity contribution in [1.82, 2.24) is 0 Å². The zero-order chi connectivity index (χ0) is 16.8. The van der Waals surface area contributed by atoms with Crippen molar-refractivity contribution < 1.29 is 19.8 Å². The van der Waals surface area contributed by atoms with Gasteiger partial charge in [0.05, 0.1) is 11.3 Å². The molecule has 0 atom stereocenters. The van der Waals surface area contributed by atoms with Gasteiger partial charge in [0.1, 0.15) is 17.4 Å². The van der Waals surface area contributed by atoms with E-state index >= 15 is 0 Å². The smallest absolute Gasteiger partial charge is 0.335 e. The average Bonchev–Trinajstić information content (AvgIpc) is 2.55.